The lowest BCUT2D eigenvalue weighted by molar-refractivity contribution is -0.118. The van der Waals surface area contributed by atoms with Crippen LogP contribution in [0.3, 0.4) is 0 Å². The minimum Gasteiger partial charge on any atom is -0.311 e. The molecule has 0 N–H and O–H groups in total. The molecule has 1 aromatic carbocycles. The first-order valence-corrected chi connectivity index (χ1v) is 9.81. The van der Waals surface area contributed by atoms with Crippen molar-refractivity contribution in [3.63, 3.8) is 0 Å². The first-order chi connectivity index (χ1) is 12.6. The van der Waals surface area contributed by atoms with Crippen LogP contribution in [0.4, 0.5) is 5.69 Å². The smallest absolute Gasteiger partial charge is 0.252 e. The van der Waals surface area contributed by atoms with Gasteiger partial charge in [-0.25, -0.2) is 9.50 Å². The van der Waals surface area contributed by atoms with Crippen LogP contribution >= 0.6 is 11.8 Å². The number of benzene rings is 1. The second-order valence-electron chi connectivity index (χ2n) is 6.45. The number of anilines is 1. The summed E-state index contributed by atoms with van der Waals surface area (Å²) in [4.78, 5) is 24.8. The van der Waals surface area contributed by atoms with E-state index in [2.05, 4.69) is 21.1 Å². The molecule has 0 atom stereocenters. The Morgan fingerprint density at radius 3 is 3.00 bits per heavy atom. The summed E-state index contributed by atoms with van der Waals surface area (Å²) in [7, 11) is 0. The molecule has 0 radical (unpaired) electrons. The van der Waals surface area contributed by atoms with Crippen molar-refractivity contribution < 1.29 is 4.79 Å². The highest BCUT2D eigenvalue weighted by molar-refractivity contribution is 7.99. The molecule has 1 aliphatic rings. The molecule has 0 saturated carbocycles. The zero-order valence-corrected chi connectivity index (χ0v) is 15.8. The highest BCUT2D eigenvalue weighted by Crippen LogP contribution is 2.34. The lowest BCUT2D eigenvalue weighted by Gasteiger charge is -2.23. The average molecular weight is 367 g/mol. The fourth-order valence-corrected chi connectivity index (χ4v) is 4.46. The predicted octanol–water partition coefficient (Wildman–Crippen LogP) is 3.20. The zero-order valence-electron chi connectivity index (χ0n) is 15.0. The van der Waals surface area contributed by atoms with Crippen molar-refractivity contribution in [1.29, 1.82) is 0 Å². The first-order valence-electron chi connectivity index (χ1n) is 8.83. The number of para-hydroxylation sites is 1. The van der Waals surface area contributed by atoms with E-state index < -0.39 is 0 Å². The Morgan fingerprint density at radius 1 is 1.27 bits per heavy atom. The van der Waals surface area contributed by atoms with Crippen LogP contribution in [0.5, 0.6) is 0 Å². The maximum Gasteiger partial charge on any atom is 0.252 e. The van der Waals surface area contributed by atoms with Crippen molar-refractivity contribution >= 4 is 29.1 Å². The molecular formula is C19H21N5OS. The monoisotopic (exact) mass is 367 g/mol. The summed E-state index contributed by atoms with van der Waals surface area (Å²) in [5, 5.41) is 4.22. The fraction of sp³-hybridized carbons (Fsp3) is 0.368. The number of carbonyl (C=O) groups excluding carboxylic acids is 1. The van der Waals surface area contributed by atoms with E-state index >= 15 is 0 Å². The summed E-state index contributed by atoms with van der Waals surface area (Å²) < 4.78 is 1.74. The number of rotatable bonds is 3. The molecule has 0 saturated heterocycles. The number of aryl methyl sites for hydroxylation is 2. The maximum absolute atomic E-state index is 13.0. The molecule has 4 rings (SSSR count). The van der Waals surface area contributed by atoms with Gasteiger partial charge in [0.25, 0.3) is 5.78 Å². The van der Waals surface area contributed by atoms with E-state index in [0.717, 1.165) is 41.4 Å². The molecule has 3 aromatic rings. The molecule has 1 aliphatic heterocycles. The SMILES string of the molecule is Cc1nc2ncnn2c(C)c1CCC(=O)N1CCCSc2ccccc21. The number of nitrogens with zero attached hydrogens (tertiary/aromatic N) is 5. The van der Waals surface area contributed by atoms with Gasteiger partial charge in [0.2, 0.25) is 5.91 Å². The predicted molar refractivity (Wildman–Crippen MR) is 103 cm³/mol. The average Bonchev–Trinajstić information content (AvgIpc) is 2.99. The van der Waals surface area contributed by atoms with Gasteiger partial charge < -0.3 is 4.90 Å². The molecule has 0 aliphatic carbocycles. The third-order valence-corrected chi connectivity index (χ3v) is 5.97. The molecule has 0 fully saturated rings. The Labute approximate surface area is 156 Å². The van der Waals surface area contributed by atoms with Crippen molar-refractivity contribution in [3.05, 3.63) is 47.5 Å². The molecule has 1 amide bonds. The Hall–Kier alpha value is -2.41. The molecule has 26 heavy (non-hydrogen) atoms. The van der Waals surface area contributed by atoms with Gasteiger partial charge in [-0.2, -0.15) is 10.1 Å². The van der Waals surface area contributed by atoms with Gasteiger partial charge in [0, 0.05) is 29.2 Å². The maximum atomic E-state index is 13.0. The van der Waals surface area contributed by atoms with E-state index in [1.165, 1.54) is 11.2 Å². The number of amides is 1. The van der Waals surface area contributed by atoms with E-state index in [1.807, 2.05) is 48.7 Å². The van der Waals surface area contributed by atoms with E-state index in [4.69, 9.17) is 0 Å². The molecule has 7 heteroatoms. The van der Waals surface area contributed by atoms with Crippen molar-refractivity contribution in [3.8, 4) is 0 Å². The molecule has 2 aromatic heterocycles. The third-order valence-electron chi connectivity index (χ3n) is 4.82. The van der Waals surface area contributed by atoms with E-state index in [1.54, 1.807) is 4.52 Å². The van der Waals surface area contributed by atoms with E-state index in [9.17, 15) is 4.79 Å². The second-order valence-corrected chi connectivity index (χ2v) is 7.58. The quantitative estimate of drug-likeness (QED) is 0.711. The van der Waals surface area contributed by atoms with Gasteiger partial charge in [-0.3, -0.25) is 4.79 Å². The van der Waals surface area contributed by atoms with Crippen LogP contribution in [0.15, 0.2) is 35.5 Å². The second kappa shape index (κ2) is 7.07. The van der Waals surface area contributed by atoms with Crippen LogP contribution in [-0.2, 0) is 11.2 Å². The van der Waals surface area contributed by atoms with Crippen LogP contribution in [0.1, 0.15) is 29.8 Å². The first kappa shape index (κ1) is 17.0. The number of thioether (sulfide) groups is 1. The van der Waals surface area contributed by atoms with Gasteiger partial charge >= 0.3 is 0 Å². The molecule has 6 nitrogen and oxygen atoms in total. The normalized spacial score (nSPS) is 14.3. The molecular weight excluding hydrogens is 346 g/mol. The summed E-state index contributed by atoms with van der Waals surface area (Å²) in [5.74, 6) is 1.82. The van der Waals surface area contributed by atoms with Crippen molar-refractivity contribution in [2.24, 2.45) is 0 Å². The van der Waals surface area contributed by atoms with Crippen LogP contribution in [-0.4, -0.2) is 37.8 Å². The minimum absolute atomic E-state index is 0.164. The highest BCUT2D eigenvalue weighted by atomic mass is 32.2. The zero-order chi connectivity index (χ0) is 18.1. The van der Waals surface area contributed by atoms with Crippen LogP contribution in [0.2, 0.25) is 0 Å². The molecule has 0 bridgehead atoms. The highest BCUT2D eigenvalue weighted by Gasteiger charge is 2.22. The Morgan fingerprint density at radius 2 is 2.12 bits per heavy atom. The summed E-state index contributed by atoms with van der Waals surface area (Å²) in [5.41, 5.74) is 4.04. The largest absolute Gasteiger partial charge is 0.311 e. The van der Waals surface area contributed by atoms with E-state index in [0.29, 0.717) is 18.6 Å². The summed E-state index contributed by atoms with van der Waals surface area (Å²) in [6, 6.07) is 8.18. The third kappa shape index (κ3) is 3.07. The summed E-state index contributed by atoms with van der Waals surface area (Å²) >= 11 is 1.83. The summed E-state index contributed by atoms with van der Waals surface area (Å²) in [6.45, 7) is 4.76. The number of hydrogen-bond acceptors (Lipinski definition) is 5. The van der Waals surface area contributed by atoms with Crippen LogP contribution in [0, 0.1) is 13.8 Å². The lowest BCUT2D eigenvalue weighted by Crippen LogP contribution is -2.32. The van der Waals surface area contributed by atoms with Crippen molar-refractivity contribution in [1.82, 2.24) is 19.6 Å². The van der Waals surface area contributed by atoms with Crippen LogP contribution in [0.25, 0.3) is 5.78 Å². The molecule has 134 valence electrons. The fourth-order valence-electron chi connectivity index (χ4n) is 3.47. The van der Waals surface area contributed by atoms with E-state index in [-0.39, 0.29) is 5.91 Å². The van der Waals surface area contributed by atoms with Crippen molar-refractivity contribution in [2.45, 2.75) is 38.0 Å². The van der Waals surface area contributed by atoms with Gasteiger partial charge in [-0.1, -0.05) is 12.1 Å². The van der Waals surface area contributed by atoms with Crippen LogP contribution < -0.4 is 4.90 Å². The molecule has 0 unspecified atom stereocenters. The molecule has 0 spiro atoms. The summed E-state index contributed by atoms with van der Waals surface area (Å²) in [6.07, 6.45) is 3.64. The van der Waals surface area contributed by atoms with Crippen molar-refractivity contribution in [2.75, 3.05) is 17.2 Å². The minimum atomic E-state index is 0.164. The van der Waals surface area contributed by atoms with Gasteiger partial charge in [0.05, 0.1) is 5.69 Å². The number of fused-ring (bicyclic) bond motifs is 2. The number of carbonyl (C=O) groups is 1. The van der Waals surface area contributed by atoms with Gasteiger partial charge in [-0.15, -0.1) is 11.8 Å². The number of hydrogen-bond donors (Lipinski definition) is 0. The van der Waals surface area contributed by atoms with Gasteiger partial charge in [0.15, 0.2) is 0 Å². The van der Waals surface area contributed by atoms with Gasteiger partial charge in [0.1, 0.15) is 6.33 Å². The topological polar surface area (TPSA) is 63.4 Å². The Kier molecular flexibility index (Phi) is 4.63. The Bertz CT molecular complexity index is 968. The molecule has 3 heterocycles. The Balaban J connectivity index is 1.56. The standard InChI is InChI=1S/C19H21N5OS/c1-13-15(14(2)24-19(22-13)20-12-21-24)8-9-18(25)23-10-5-11-26-17-7-4-3-6-16(17)23/h3-4,6-7,12H,5,8-11H2,1-2H3. The lowest BCUT2D eigenvalue weighted by atomic mass is 10.1. The van der Waals surface area contributed by atoms with Gasteiger partial charge in [-0.05, 0) is 50.1 Å². The number of aromatic nitrogens is 4.